The molecule has 0 spiro atoms. The number of hydrogen-bond acceptors (Lipinski definition) is 4. The molecular formula is C9H16N4O. The van der Waals surface area contributed by atoms with E-state index in [-0.39, 0.29) is 0 Å². The van der Waals surface area contributed by atoms with Crippen LogP contribution in [0.4, 0.5) is 0 Å². The predicted molar refractivity (Wildman–Crippen MR) is 51.9 cm³/mol. The quantitative estimate of drug-likeness (QED) is 0.721. The fourth-order valence-corrected chi connectivity index (χ4v) is 1.61. The third kappa shape index (κ3) is 2.10. The molecule has 5 heteroatoms. The minimum Gasteiger partial charge on any atom is -0.381 e. The lowest BCUT2D eigenvalue weighted by Crippen LogP contribution is -2.02. The summed E-state index contributed by atoms with van der Waals surface area (Å²) in [5, 5.41) is 7.14. The van der Waals surface area contributed by atoms with Gasteiger partial charge >= 0.3 is 0 Å². The van der Waals surface area contributed by atoms with Crippen LogP contribution < -0.4 is 5.73 Å². The normalized spacial score (nSPS) is 21.6. The van der Waals surface area contributed by atoms with Crippen molar-refractivity contribution in [3.63, 3.8) is 0 Å². The Hall–Kier alpha value is -0.940. The zero-order chi connectivity index (χ0) is 9.80. The van der Waals surface area contributed by atoms with E-state index in [0.29, 0.717) is 12.5 Å². The number of H-pyrrole nitrogens is 1. The highest BCUT2D eigenvalue weighted by Gasteiger charge is 2.21. The maximum Gasteiger partial charge on any atom is 0.156 e. The molecule has 5 nitrogen and oxygen atoms in total. The Labute approximate surface area is 83.1 Å². The molecule has 0 aliphatic carbocycles. The number of aromatic amines is 1. The maximum absolute atomic E-state index is 5.42. The van der Waals surface area contributed by atoms with Gasteiger partial charge in [-0.25, -0.2) is 4.98 Å². The highest BCUT2D eigenvalue weighted by atomic mass is 16.5. The molecule has 0 radical (unpaired) electrons. The molecule has 1 unspecified atom stereocenters. The number of rotatable bonds is 4. The van der Waals surface area contributed by atoms with E-state index >= 15 is 0 Å². The fraction of sp³-hybridized carbons (Fsp3) is 0.778. The molecule has 1 atom stereocenters. The first-order chi connectivity index (χ1) is 6.90. The fourth-order valence-electron chi connectivity index (χ4n) is 1.61. The van der Waals surface area contributed by atoms with E-state index < -0.39 is 0 Å². The zero-order valence-corrected chi connectivity index (χ0v) is 8.20. The van der Waals surface area contributed by atoms with Gasteiger partial charge in [-0.3, -0.25) is 5.10 Å². The highest BCUT2D eigenvalue weighted by molar-refractivity contribution is 4.99. The van der Waals surface area contributed by atoms with Crippen molar-refractivity contribution in [1.82, 2.24) is 15.2 Å². The second-order valence-electron chi connectivity index (χ2n) is 3.59. The monoisotopic (exact) mass is 196 g/mol. The lowest BCUT2D eigenvalue weighted by molar-refractivity contribution is 0.193. The van der Waals surface area contributed by atoms with Crippen LogP contribution in [-0.2, 0) is 11.2 Å². The third-order valence-corrected chi connectivity index (χ3v) is 2.46. The summed E-state index contributed by atoms with van der Waals surface area (Å²) >= 11 is 0. The minimum atomic E-state index is 0.387. The standard InChI is InChI=1S/C9H16N4O/c10-4-1-2-8-11-9(13-12-8)7-3-5-14-6-7/h7H,1-6,10H2,(H,11,12,13). The molecule has 1 aliphatic rings. The lowest BCUT2D eigenvalue weighted by atomic mass is 10.1. The number of aromatic nitrogens is 3. The number of nitrogens with two attached hydrogens (primary N) is 1. The molecule has 1 aromatic rings. The summed E-state index contributed by atoms with van der Waals surface area (Å²) < 4.78 is 5.29. The average Bonchev–Trinajstić information content (AvgIpc) is 2.85. The smallest absolute Gasteiger partial charge is 0.156 e. The Kier molecular flexibility index (Phi) is 3.10. The van der Waals surface area contributed by atoms with Crippen LogP contribution in [0.5, 0.6) is 0 Å². The summed E-state index contributed by atoms with van der Waals surface area (Å²) in [6.45, 7) is 2.29. The van der Waals surface area contributed by atoms with Gasteiger partial charge in [-0.1, -0.05) is 0 Å². The van der Waals surface area contributed by atoms with E-state index in [0.717, 1.165) is 44.1 Å². The first-order valence-corrected chi connectivity index (χ1v) is 5.09. The average molecular weight is 196 g/mol. The number of ether oxygens (including phenoxy) is 1. The molecule has 2 heterocycles. The van der Waals surface area contributed by atoms with Gasteiger partial charge in [0, 0.05) is 18.9 Å². The number of nitrogens with zero attached hydrogens (tertiary/aromatic N) is 2. The molecule has 0 bridgehead atoms. The van der Waals surface area contributed by atoms with Gasteiger partial charge in [0.05, 0.1) is 6.61 Å². The molecule has 78 valence electrons. The van der Waals surface area contributed by atoms with Crippen LogP contribution in [0.15, 0.2) is 0 Å². The van der Waals surface area contributed by atoms with Crippen molar-refractivity contribution >= 4 is 0 Å². The summed E-state index contributed by atoms with van der Waals surface area (Å²) in [4.78, 5) is 4.43. The molecule has 0 aromatic carbocycles. The van der Waals surface area contributed by atoms with Crippen molar-refractivity contribution in [3.05, 3.63) is 11.6 Å². The zero-order valence-electron chi connectivity index (χ0n) is 8.20. The van der Waals surface area contributed by atoms with E-state index in [9.17, 15) is 0 Å². The second-order valence-corrected chi connectivity index (χ2v) is 3.59. The van der Waals surface area contributed by atoms with Crippen molar-refractivity contribution in [2.75, 3.05) is 19.8 Å². The molecule has 1 aliphatic heterocycles. The number of hydrogen-bond donors (Lipinski definition) is 2. The van der Waals surface area contributed by atoms with Crippen LogP contribution in [0.25, 0.3) is 0 Å². The van der Waals surface area contributed by atoms with E-state index in [1.165, 1.54) is 0 Å². The maximum atomic E-state index is 5.42. The molecule has 0 amide bonds. The number of nitrogens with one attached hydrogen (secondary N) is 1. The van der Waals surface area contributed by atoms with Crippen molar-refractivity contribution in [2.24, 2.45) is 5.73 Å². The molecule has 1 aromatic heterocycles. The van der Waals surface area contributed by atoms with Crippen molar-refractivity contribution in [2.45, 2.75) is 25.2 Å². The summed E-state index contributed by atoms with van der Waals surface area (Å²) in [5.41, 5.74) is 5.42. The number of aryl methyl sites for hydroxylation is 1. The van der Waals surface area contributed by atoms with Crippen LogP contribution in [0.3, 0.4) is 0 Å². The van der Waals surface area contributed by atoms with Gasteiger partial charge in [-0.05, 0) is 19.4 Å². The van der Waals surface area contributed by atoms with Crippen LogP contribution >= 0.6 is 0 Å². The van der Waals surface area contributed by atoms with Gasteiger partial charge in [0.15, 0.2) is 5.82 Å². The molecule has 14 heavy (non-hydrogen) atoms. The van der Waals surface area contributed by atoms with Gasteiger partial charge in [0.25, 0.3) is 0 Å². The topological polar surface area (TPSA) is 76.8 Å². The Balaban J connectivity index is 1.94. The van der Waals surface area contributed by atoms with Crippen LogP contribution in [0, 0.1) is 0 Å². The Morgan fingerprint density at radius 3 is 3.21 bits per heavy atom. The second kappa shape index (κ2) is 4.52. The summed E-state index contributed by atoms with van der Waals surface area (Å²) in [6.07, 6.45) is 2.88. The summed E-state index contributed by atoms with van der Waals surface area (Å²) in [6, 6.07) is 0. The SMILES string of the molecule is NCCCc1nc(C2CCOC2)n[nH]1. The third-order valence-electron chi connectivity index (χ3n) is 2.46. The molecule has 3 N–H and O–H groups in total. The lowest BCUT2D eigenvalue weighted by Gasteiger charge is -1.98. The Morgan fingerprint density at radius 2 is 2.50 bits per heavy atom. The molecule has 2 rings (SSSR count). The van der Waals surface area contributed by atoms with Gasteiger partial charge in [0.1, 0.15) is 5.82 Å². The Bertz CT molecular complexity index is 280. The largest absolute Gasteiger partial charge is 0.381 e. The predicted octanol–water partition coefficient (Wildman–Crippen LogP) is 0.200. The van der Waals surface area contributed by atoms with Gasteiger partial charge in [0.2, 0.25) is 0 Å². The van der Waals surface area contributed by atoms with Gasteiger partial charge < -0.3 is 10.5 Å². The van der Waals surface area contributed by atoms with Crippen molar-refractivity contribution in [1.29, 1.82) is 0 Å². The van der Waals surface area contributed by atoms with E-state index in [1.807, 2.05) is 0 Å². The molecule has 1 saturated heterocycles. The van der Waals surface area contributed by atoms with Crippen molar-refractivity contribution in [3.8, 4) is 0 Å². The van der Waals surface area contributed by atoms with Gasteiger partial charge in [-0.2, -0.15) is 5.10 Å². The van der Waals surface area contributed by atoms with Crippen molar-refractivity contribution < 1.29 is 4.74 Å². The molecule has 1 fully saturated rings. The van der Waals surface area contributed by atoms with E-state index in [4.69, 9.17) is 10.5 Å². The summed E-state index contributed by atoms with van der Waals surface area (Å²) in [5.74, 6) is 2.23. The van der Waals surface area contributed by atoms with Crippen LogP contribution in [0.2, 0.25) is 0 Å². The van der Waals surface area contributed by atoms with E-state index in [2.05, 4.69) is 15.2 Å². The molecule has 0 saturated carbocycles. The summed E-state index contributed by atoms with van der Waals surface area (Å²) in [7, 11) is 0. The highest BCUT2D eigenvalue weighted by Crippen LogP contribution is 2.21. The van der Waals surface area contributed by atoms with Gasteiger partial charge in [-0.15, -0.1) is 0 Å². The Morgan fingerprint density at radius 1 is 1.57 bits per heavy atom. The van der Waals surface area contributed by atoms with Crippen LogP contribution in [-0.4, -0.2) is 34.9 Å². The first kappa shape index (κ1) is 9.61. The van der Waals surface area contributed by atoms with Crippen LogP contribution in [0.1, 0.15) is 30.4 Å². The first-order valence-electron chi connectivity index (χ1n) is 5.09. The molecular weight excluding hydrogens is 180 g/mol. The van der Waals surface area contributed by atoms with E-state index in [1.54, 1.807) is 0 Å². The minimum absolute atomic E-state index is 0.387.